The lowest BCUT2D eigenvalue weighted by molar-refractivity contribution is 0.271. The van der Waals surface area contributed by atoms with Crippen molar-refractivity contribution in [3.8, 4) is 0 Å². The highest BCUT2D eigenvalue weighted by Gasteiger charge is 2.19. The molecule has 0 rings (SSSR count). The Kier molecular flexibility index (Phi) is 1.77. The highest BCUT2D eigenvalue weighted by atomic mass is 127. The van der Waals surface area contributed by atoms with Gasteiger partial charge in [0.15, 0.2) is 0 Å². The van der Waals surface area contributed by atoms with E-state index in [2.05, 4.69) is 0 Å². The third-order valence-corrected chi connectivity index (χ3v) is 0. The van der Waals surface area contributed by atoms with Crippen molar-refractivity contribution >= 4 is 28.1 Å². The van der Waals surface area contributed by atoms with Crippen LogP contribution in [0.2, 0.25) is 0 Å². The van der Waals surface area contributed by atoms with E-state index in [1.54, 1.807) is 0 Å². The molecule has 3 N–H and O–H groups in total. The quantitative estimate of drug-likeness (QED) is 0.266. The number of rotatable bonds is 0. The van der Waals surface area contributed by atoms with Crippen molar-refractivity contribution in [2.45, 2.75) is 0 Å². The Morgan fingerprint density at radius 2 is 1.20 bits per heavy atom. The van der Waals surface area contributed by atoms with E-state index in [4.69, 9.17) is 14.4 Å². The van der Waals surface area contributed by atoms with Crippen LogP contribution in [0.25, 0.3) is 0 Å². The first-order valence-corrected chi connectivity index (χ1v) is 5.82. The maximum Gasteiger partial charge on any atom is 0.564 e. The highest BCUT2D eigenvalue weighted by molar-refractivity contribution is 14.1. The number of hydrogen-bond donors (Lipinski definition) is 3. The lowest BCUT2D eigenvalue weighted by Gasteiger charge is -1.91. The fourth-order valence-corrected chi connectivity index (χ4v) is 0. The molecular weight excluding hydrogens is 203 g/mol. The molecule has 0 saturated carbocycles. The lowest BCUT2D eigenvalue weighted by Crippen LogP contribution is -2.24. The molecule has 0 amide bonds. The molecule has 0 spiro atoms. The Morgan fingerprint density at radius 3 is 1.20 bits per heavy atom. The second kappa shape index (κ2) is 1.52. The molecule has 0 bridgehead atoms. The molecule has 0 saturated heterocycles. The van der Waals surface area contributed by atoms with Crippen LogP contribution in [0, 0.1) is 0 Å². The van der Waals surface area contributed by atoms with Gasteiger partial charge in [-0.3, -0.25) is 0 Å². The molecule has 0 aromatic carbocycles. The largest absolute Gasteiger partial charge is 0.564 e. The van der Waals surface area contributed by atoms with Gasteiger partial charge in [-0.2, -0.15) is 0 Å². The van der Waals surface area contributed by atoms with Gasteiger partial charge in [-0.1, -0.05) is 0 Å². The van der Waals surface area contributed by atoms with Crippen LogP contribution in [0.4, 0.5) is 0 Å². The van der Waals surface area contributed by atoms with Crippen LogP contribution in [0.15, 0.2) is 0 Å². The zero-order valence-electron chi connectivity index (χ0n) is 2.22. The minimum Gasteiger partial charge on any atom is -0.382 e. The smallest absolute Gasteiger partial charge is 0.382 e. The van der Waals surface area contributed by atoms with E-state index in [9.17, 15) is 0 Å². The minimum atomic E-state index is -3.64. The molecule has 0 unspecified atom stereocenters. The first kappa shape index (κ1) is 5.83. The molecule has 3 nitrogen and oxygen atoms in total. The third kappa shape index (κ3) is 56.4. The Labute approximate surface area is 42.8 Å². The van der Waals surface area contributed by atoms with Gasteiger partial charge in [-0.25, -0.2) is 0 Å². The summed E-state index contributed by atoms with van der Waals surface area (Å²) in [7, 11) is 0. The predicted molar refractivity (Wildman–Crippen MR) is 26.4 cm³/mol. The van der Waals surface area contributed by atoms with Crippen molar-refractivity contribution < 1.29 is 14.4 Å². The van der Waals surface area contributed by atoms with Crippen molar-refractivity contribution in [1.29, 1.82) is 0 Å². The van der Waals surface area contributed by atoms with Gasteiger partial charge in [0, 0.05) is 0 Å². The topological polar surface area (TPSA) is 60.7 Å². The molecule has 0 fully saturated rings. The molecule has 0 aromatic heterocycles. The van der Waals surface area contributed by atoms with Crippen LogP contribution in [-0.2, 0) is 0 Å². The maximum atomic E-state index is 7.76. The van der Waals surface area contributed by atoms with Crippen LogP contribution >= 0.6 is 21.8 Å². The summed E-state index contributed by atoms with van der Waals surface area (Å²) < 4.78 is 0. The molecule has 0 aromatic rings. The highest BCUT2D eigenvalue weighted by Crippen LogP contribution is 1.93. The normalized spacial score (nSPS) is 12.0. The predicted octanol–water partition coefficient (Wildman–Crippen LogP) is -1.17. The van der Waals surface area contributed by atoms with Gasteiger partial charge in [-0.05, 0) is 21.8 Å². The summed E-state index contributed by atoms with van der Waals surface area (Å²) in [4.78, 5) is 23.3. The van der Waals surface area contributed by atoms with Crippen LogP contribution in [0.3, 0.4) is 0 Å². The van der Waals surface area contributed by atoms with Gasteiger partial charge >= 0.3 is 6.30 Å². The van der Waals surface area contributed by atoms with E-state index in [1.807, 2.05) is 0 Å². The molecule has 0 aliphatic rings. The zero-order valence-corrected chi connectivity index (χ0v) is 5.38. The van der Waals surface area contributed by atoms with Gasteiger partial charge in [0.25, 0.3) is 0 Å². The zero-order chi connectivity index (χ0) is 4.50. The second-order valence-corrected chi connectivity index (χ2v) is 6.00. The summed E-state index contributed by atoms with van der Waals surface area (Å²) in [6.45, 7) is 0. The molecule has 0 aliphatic heterocycles. The molecule has 0 atom stereocenters. The van der Waals surface area contributed by atoms with Gasteiger partial charge < -0.3 is 14.4 Å². The van der Waals surface area contributed by atoms with Gasteiger partial charge in [-0.15, -0.1) is 0 Å². The lowest BCUT2D eigenvalue weighted by atomic mass is 15.8. The molecule has 5 heteroatoms. The monoisotopic (exact) mass is 206 g/mol. The van der Waals surface area contributed by atoms with Crippen LogP contribution in [0.5, 0.6) is 0 Å². The van der Waals surface area contributed by atoms with Crippen molar-refractivity contribution in [2.24, 2.45) is 0 Å². The Morgan fingerprint density at radius 1 is 1.20 bits per heavy atom. The standard InChI is InChI=1S/H3IO3Si/c1-5(2,3)4/h2-4H. The van der Waals surface area contributed by atoms with E-state index >= 15 is 0 Å². The molecule has 5 heavy (non-hydrogen) atoms. The van der Waals surface area contributed by atoms with Crippen molar-refractivity contribution in [1.82, 2.24) is 0 Å². The Hall–Kier alpha value is 0.827. The van der Waals surface area contributed by atoms with Crippen LogP contribution in [0.1, 0.15) is 0 Å². The Bertz CT molecular complexity index is 22.4. The van der Waals surface area contributed by atoms with E-state index in [-0.39, 0.29) is 0 Å². The molecular formula is H3IO3Si. The summed E-state index contributed by atoms with van der Waals surface area (Å²) in [5.74, 6) is 0. The van der Waals surface area contributed by atoms with E-state index < -0.39 is 6.30 Å². The fourth-order valence-electron chi connectivity index (χ4n) is 0. The van der Waals surface area contributed by atoms with Gasteiger partial charge in [0.2, 0.25) is 0 Å². The van der Waals surface area contributed by atoms with E-state index in [0.717, 1.165) is 0 Å². The average molecular weight is 206 g/mol. The third-order valence-electron chi connectivity index (χ3n) is 0. The van der Waals surface area contributed by atoms with Gasteiger partial charge in [0.05, 0.1) is 0 Å². The number of halogens is 1. The molecule has 0 aliphatic carbocycles. The average Bonchev–Trinajstić information content (AvgIpc) is 0.722. The van der Waals surface area contributed by atoms with Crippen molar-refractivity contribution in [3.05, 3.63) is 0 Å². The number of hydrogen-bond acceptors (Lipinski definition) is 3. The van der Waals surface area contributed by atoms with Crippen molar-refractivity contribution in [2.75, 3.05) is 0 Å². The Balaban J connectivity index is 3.02. The first-order valence-electron chi connectivity index (χ1n) is 0.860. The summed E-state index contributed by atoms with van der Waals surface area (Å²) in [5.41, 5.74) is 0. The minimum absolute atomic E-state index is 1.18. The van der Waals surface area contributed by atoms with E-state index in [0.29, 0.717) is 0 Å². The van der Waals surface area contributed by atoms with Crippen molar-refractivity contribution in [3.63, 3.8) is 0 Å². The summed E-state index contributed by atoms with van der Waals surface area (Å²) in [6, 6.07) is 0. The summed E-state index contributed by atoms with van der Waals surface area (Å²) in [5, 5.41) is 0. The first-order chi connectivity index (χ1) is 2.00. The van der Waals surface area contributed by atoms with Gasteiger partial charge in [0.1, 0.15) is 0 Å². The molecule has 0 heterocycles. The van der Waals surface area contributed by atoms with Crippen LogP contribution < -0.4 is 0 Å². The summed E-state index contributed by atoms with van der Waals surface area (Å²) >= 11 is 1.18. The van der Waals surface area contributed by atoms with E-state index in [1.165, 1.54) is 21.8 Å². The van der Waals surface area contributed by atoms with Crippen LogP contribution in [-0.4, -0.2) is 20.7 Å². The SMILES string of the molecule is O[Si](O)(O)I. The maximum absolute atomic E-state index is 7.76. The summed E-state index contributed by atoms with van der Waals surface area (Å²) in [6.07, 6.45) is -3.64. The second-order valence-electron chi connectivity index (χ2n) is 0.554. The molecule has 0 radical (unpaired) electrons. The molecule has 32 valence electrons. The fraction of sp³-hybridized carbons (Fsp3) is 0.